The van der Waals surface area contributed by atoms with Crippen molar-refractivity contribution in [1.82, 2.24) is 5.32 Å². The van der Waals surface area contributed by atoms with Gasteiger partial charge in [-0.15, -0.1) is 0 Å². The van der Waals surface area contributed by atoms with E-state index in [1.54, 1.807) is 7.11 Å². The molecule has 0 saturated heterocycles. The monoisotopic (exact) mass is 391 g/mol. The molecule has 2 aromatic carbocycles. The van der Waals surface area contributed by atoms with Gasteiger partial charge in [-0.05, 0) is 43.0 Å². The summed E-state index contributed by atoms with van der Waals surface area (Å²) in [5.74, 6) is 1.37. The number of benzene rings is 2. The van der Waals surface area contributed by atoms with Crippen LogP contribution < -0.4 is 14.8 Å². The molecule has 5 heteroatoms. The van der Waals surface area contributed by atoms with Gasteiger partial charge in [0, 0.05) is 35.6 Å². The van der Waals surface area contributed by atoms with Gasteiger partial charge in [-0.1, -0.05) is 30.3 Å². The number of carbonyl (C=O) groups excluding carboxylic acids is 2. The minimum atomic E-state index is -0.259. The van der Waals surface area contributed by atoms with Crippen LogP contribution in [0.25, 0.3) is 0 Å². The molecule has 1 amide bonds. The largest absolute Gasteiger partial charge is 0.497 e. The van der Waals surface area contributed by atoms with Crippen molar-refractivity contribution in [3.05, 3.63) is 70.9 Å². The first kappa shape index (κ1) is 19.2. The Morgan fingerprint density at radius 2 is 1.76 bits per heavy atom. The number of ketones is 1. The highest BCUT2D eigenvalue weighted by Gasteiger charge is 2.39. The summed E-state index contributed by atoms with van der Waals surface area (Å²) in [6.45, 7) is 2.47. The van der Waals surface area contributed by atoms with Crippen molar-refractivity contribution in [3.63, 3.8) is 0 Å². The SMILES string of the molecule is CCOc1ccccc1[C@@H]1CC(=O)NC2=C1C(=O)C[C@H](c1ccc(OC)cc1)C2. The van der Waals surface area contributed by atoms with Gasteiger partial charge in [0.05, 0.1) is 13.7 Å². The lowest BCUT2D eigenvalue weighted by molar-refractivity contribution is -0.122. The summed E-state index contributed by atoms with van der Waals surface area (Å²) >= 11 is 0. The van der Waals surface area contributed by atoms with Crippen LogP contribution >= 0.6 is 0 Å². The number of carbonyl (C=O) groups is 2. The summed E-state index contributed by atoms with van der Waals surface area (Å²) in [6, 6.07) is 15.5. The van der Waals surface area contributed by atoms with Crippen LogP contribution in [0.3, 0.4) is 0 Å². The first-order valence-electron chi connectivity index (χ1n) is 10.0. The summed E-state index contributed by atoms with van der Waals surface area (Å²) in [5.41, 5.74) is 3.49. The predicted molar refractivity (Wildman–Crippen MR) is 110 cm³/mol. The van der Waals surface area contributed by atoms with Crippen molar-refractivity contribution in [2.24, 2.45) is 0 Å². The molecule has 5 nitrogen and oxygen atoms in total. The number of ether oxygens (including phenoxy) is 2. The third kappa shape index (κ3) is 3.77. The molecule has 29 heavy (non-hydrogen) atoms. The summed E-state index contributed by atoms with van der Waals surface area (Å²) < 4.78 is 11.0. The van der Waals surface area contributed by atoms with Gasteiger partial charge in [0.15, 0.2) is 5.78 Å². The van der Waals surface area contributed by atoms with Crippen molar-refractivity contribution in [1.29, 1.82) is 0 Å². The Bertz CT molecular complexity index is 961. The molecule has 0 unspecified atom stereocenters. The fraction of sp³-hybridized carbons (Fsp3) is 0.333. The minimum absolute atomic E-state index is 0.0494. The number of rotatable bonds is 5. The average molecular weight is 391 g/mol. The number of Topliss-reactive ketones (excluding diaryl/α,β-unsaturated/α-hetero) is 1. The van der Waals surface area contributed by atoms with E-state index in [9.17, 15) is 9.59 Å². The molecule has 2 aliphatic rings. The molecule has 1 N–H and O–H groups in total. The number of methoxy groups -OCH3 is 1. The average Bonchev–Trinajstić information content (AvgIpc) is 2.73. The van der Waals surface area contributed by atoms with E-state index in [0.29, 0.717) is 19.4 Å². The second-order valence-electron chi connectivity index (χ2n) is 7.47. The molecule has 0 aromatic heterocycles. The fourth-order valence-electron chi connectivity index (χ4n) is 4.39. The van der Waals surface area contributed by atoms with E-state index in [0.717, 1.165) is 33.9 Å². The van der Waals surface area contributed by atoms with Crippen molar-refractivity contribution >= 4 is 11.7 Å². The van der Waals surface area contributed by atoms with E-state index in [4.69, 9.17) is 9.47 Å². The number of hydrogen-bond acceptors (Lipinski definition) is 4. The van der Waals surface area contributed by atoms with Gasteiger partial charge in [-0.3, -0.25) is 9.59 Å². The molecule has 1 aliphatic carbocycles. The van der Waals surface area contributed by atoms with E-state index in [-0.39, 0.29) is 29.9 Å². The number of allylic oxidation sites excluding steroid dienone is 2. The van der Waals surface area contributed by atoms with Crippen LogP contribution in [0.15, 0.2) is 59.8 Å². The molecule has 0 saturated carbocycles. The lowest BCUT2D eigenvalue weighted by Crippen LogP contribution is -2.38. The topological polar surface area (TPSA) is 64.6 Å². The van der Waals surface area contributed by atoms with Gasteiger partial charge in [-0.25, -0.2) is 0 Å². The molecular formula is C24H25NO4. The maximum atomic E-state index is 13.2. The third-order valence-corrected chi connectivity index (χ3v) is 5.72. The number of hydrogen-bond donors (Lipinski definition) is 1. The van der Waals surface area contributed by atoms with Gasteiger partial charge in [-0.2, -0.15) is 0 Å². The van der Waals surface area contributed by atoms with Gasteiger partial charge in [0.2, 0.25) is 5.91 Å². The van der Waals surface area contributed by atoms with Crippen LogP contribution in [0.1, 0.15) is 49.1 Å². The van der Waals surface area contributed by atoms with Gasteiger partial charge in [0.1, 0.15) is 11.5 Å². The summed E-state index contributed by atoms with van der Waals surface area (Å²) in [4.78, 5) is 25.7. The Balaban J connectivity index is 1.69. The molecule has 0 spiro atoms. The lowest BCUT2D eigenvalue weighted by Gasteiger charge is -2.35. The number of nitrogens with one attached hydrogen (secondary N) is 1. The molecule has 4 rings (SSSR count). The molecule has 2 atom stereocenters. The Hall–Kier alpha value is -3.08. The standard InChI is InChI=1S/C24H25NO4/c1-3-29-22-7-5-4-6-18(22)19-14-23(27)25-20-12-16(13-21(26)24(19)20)15-8-10-17(28-2)11-9-15/h4-11,16,19H,3,12-14H2,1-2H3,(H,25,27)/t16-,19+/m1/s1. The predicted octanol–water partition coefficient (Wildman–Crippen LogP) is 4.10. The molecule has 1 heterocycles. The van der Waals surface area contributed by atoms with E-state index in [1.807, 2.05) is 55.5 Å². The fourth-order valence-corrected chi connectivity index (χ4v) is 4.39. The van der Waals surface area contributed by atoms with Crippen LogP contribution in [0.2, 0.25) is 0 Å². The van der Waals surface area contributed by atoms with Crippen molar-refractivity contribution in [2.75, 3.05) is 13.7 Å². The summed E-state index contributed by atoms with van der Waals surface area (Å²) in [5, 5.41) is 2.98. The van der Waals surface area contributed by atoms with Gasteiger partial charge in [0.25, 0.3) is 0 Å². The van der Waals surface area contributed by atoms with Gasteiger partial charge < -0.3 is 14.8 Å². The van der Waals surface area contributed by atoms with Crippen molar-refractivity contribution in [3.8, 4) is 11.5 Å². The zero-order chi connectivity index (χ0) is 20.4. The van der Waals surface area contributed by atoms with Crippen molar-refractivity contribution in [2.45, 2.75) is 38.0 Å². The highest BCUT2D eigenvalue weighted by Crippen LogP contribution is 2.44. The van der Waals surface area contributed by atoms with E-state index >= 15 is 0 Å². The highest BCUT2D eigenvalue weighted by atomic mass is 16.5. The lowest BCUT2D eigenvalue weighted by atomic mass is 9.73. The Morgan fingerprint density at radius 1 is 1.00 bits per heavy atom. The number of para-hydroxylation sites is 1. The van der Waals surface area contributed by atoms with Crippen LogP contribution in [-0.4, -0.2) is 25.4 Å². The zero-order valence-corrected chi connectivity index (χ0v) is 16.7. The second-order valence-corrected chi connectivity index (χ2v) is 7.47. The molecule has 150 valence electrons. The zero-order valence-electron chi connectivity index (χ0n) is 16.7. The smallest absolute Gasteiger partial charge is 0.225 e. The van der Waals surface area contributed by atoms with E-state index in [2.05, 4.69) is 5.32 Å². The molecule has 0 fully saturated rings. The minimum Gasteiger partial charge on any atom is -0.497 e. The quantitative estimate of drug-likeness (QED) is 0.834. The maximum Gasteiger partial charge on any atom is 0.225 e. The van der Waals surface area contributed by atoms with Crippen molar-refractivity contribution < 1.29 is 19.1 Å². The molecule has 2 aromatic rings. The molecule has 0 radical (unpaired) electrons. The molecular weight excluding hydrogens is 366 g/mol. The molecule has 1 aliphatic heterocycles. The van der Waals surface area contributed by atoms with Crippen LogP contribution in [0.5, 0.6) is 11.5 Å². The van der Waals surface area contributed by atoms with E-state index in [1.165, 1.54) is 0 Å². The van der Waals surface area contributed by atoms with Gasteiger partial charge >= 0.3 is 0 Å². The first-order chi connectivity index (χ1) is 14.1. The normalized spacial score (nSPS) is 21.4. The number of amides is 1. The van der Waals surface area contributed by atoms with Crippen LogP contribution in [0.4, 0.5) is 0 Å². The third-order valence-electron chi connectivity index (χ3n) is 5.72. The Morgan fingerprint density at radius 3 is 2.48 bits per heavy atom. The van der Waals surface area contributed by atoms with E-state index < -0.39 is 0 Å². The van der Waals surface area contributed by atoms with Crippen LogP contribution in [0, 0.1) is 0 Å². The summed E-state index contributed by atoms with van der Waals surface area (Å²) in [6.07, 6.45) is 1.35. The first-order valence-corrected chi connectivity index (χ1v) is 10.0. The summed E-state index contributed by atoms with van der Waals surface area (Å²) in [7, 11) is 1.63. The maximum absolute atomic E-state index is 13.2. The Labute approximate surface area is 170 Å². The Kier molecular flexibility index (Phi) is 5.38. The van der Waals surface area contributed by atoms with Crippen LogP contribution in [-0.2, 0) is 9.59 Å². The highest BCUT2D eigenvalue weighted by molar-refractivity contribution is 6.02. The second kappa shape index (κ2) is 8.11. The molecule has 0 bridgehead atoms.